The molecule has 2 atom stereocenters. The van der Waals surface area contributed by atoms with E-state index < -0.39 is 10.0 Å². The Morgan fingerprint density at radius 3 is 2.36 bits per heavy atom. The molecule has 7 heteroatoms. The molecular formula is C21H28N2O4S. The number of hydrogen-bond donors (Lipinski definition) is 1. The summed E-state index contributed by atoms with van der Waals surface area (Å²) >= 11 is 0. The van der Waals surface area contributed by atoms with E-state index in [1.165, 1.54) is 0 Å². The minimum absolute atomic E-state index is 0.0832. The van der Waals surface area contributed by atoms with E-state index in [0.717, 1.165) is 11.3 Å². The van der Waals surface area contributed by atoms with E-state index in [2.05, 4.69) is 9.62 Å². The maximum atomic E-state index is 13.1. The zero-order valence-corrected chi connectivity index (χ0v) is 17.8. The largest absolute Gasteiger partial charge is 0.496 e. The number of sulfonamides is 1. The summed E-state index contributed by atoms with van der Waals surface area (Å²) in [5.74, 6) is 0.674. The molecule has 0 aliphatic carbocycles. The number of hydrogen-bond acceptors (Lipinski definition) is 5. The van der Waals surface area contributed by atoms with Gasteiger partial charge in [-0.05, 0) is 63.1 Å². The quantitative estimate of drug-likeness (QED) is 0.823. The molecule has 0 radical (unpaired) electrons. The number of benzene rings is 2. The van der Waals surface area contributed by atoms with Gasteiger partial charge in [-0.1, -0.05) is 12.1 Å². The third kappa shape index (κ3) is 4.25. The molecule has 2 unspecified atom stereocenters. The number of rotatable bonds is 5. The zero-order valence-electron chi connectivity index (χ0n) is 17.0. The first-order valence-electron chi connectivity index (χ1n) is 9.38. The number of para-hydroxylation sites is 2. The molecule has 3 rings (SSSR count). The van der Waals surface area contributed by atoms with Gasteiger partial charge >= 0.3 is 0 Å². The lowest BCUT2D eigenvalue weighted by Crippen LogP contribution is -2.45. The first-order chi connectivity index (χ1) is 13.2. The number of aryl methyl sites for hydroxylation is 2. The van der Waals surface area contributed by atoms with E-state index >= 15 is 0 Å². The predicted octanol–water partition coefficient (Wildman–Crippen LogP) is 3.73. The van der Waals surface area contributed by atoms with Gasteiger partial charge in [0.2, 0.25) is 0 Å². The summed E-state index contributed by atoms with van der Waals surface area (Å²) in [6.45, 7) is 9.08. The van der Waals surface area contributed by atoms with E-state index in [1.807, 2.05) is 39.0 Å². The van der Waals surface area contributed by atoms with Crippen LogP contribution in [-0.2, 0) is 14.8 Å². The van der Waals surface area contributed by atoms with Gasteiger partial charge in [0, 0.05) is 13.1 Å². The molecule has 0 aromatic heterocycles. The Balaban J connectivity index is 1.95. The van der Waals surface area contributed by atoms with E-state index in [1.54, 1.807) is 32.2 Å². The molecule has 1 N–H and O–H groups in total. The van der Waals surface area contributed by atoms with E-state index in [0.29, 0.717) is 30.1 Å². The van der Waals surface area contributed by atoms with Crippen molar-refractivity contribution >= 4 is 21.4 Å². The Morgan fingerprint density at radius 2 is 1.71 bits per heavy atom. The topological polar surface area (TPSA) is 67.9 Å². The first-order valence-corrected chi connectivity index (χ1v) is 10.9. The van der Waals surface area contributed by atoms with Crippen LogP contribution in [0.4, 0.5) is 11.4 Å². The number of ether oxygens (including phenoxy) is 2. The molecular weight excluding hydrogens is 376 g/mol. The smallest absolute Gasteiger partial charge is 0.262 e. The van der Waals surface area contributed by atoms with Gasteiger partial charge in [-0.25, -0.2) is 8.42 Å². The SMILES string of the molecule is COc1cc(C)c(S(=O)(=O)Nc2ccccc2N2CC(C)OC(C)C2)cc1C. The van der Waals surface area contributed by atoms with Crippen LogP contribution in [0.2, 0.25) is 0 Å². The predicted molar refractivity (Wildman–Crippen MR) is 112 cm³/mol. The molecule has 0 saturated carbocycles. The van der Waals surface area contributed by atoms with Crippen molar-refractivity contribution in [2.75, 3.05) is 29.8 Å². The molecule has 0 spiro atoms. The van der Waals surface area contributed by atoms with Gasteiger partial charge in [0.15, 0.2) is 0 Å². The van der Waals surface area contributed by atoms with Crippen molar-refractivity contribution in [2.24, 2.45) is 0 Å². The summed E-state index contributed by atoms with van der Waals surface area (Å²) in [5, 5.41) is 0. The molecule has 6 nitrogen and oxygen atoms in total. The van der Waals surface area contributed by atoms with Gasteiger partial charge in [0.25, 0.3) is 10.0 Å². The average Bonchev–Trinajstić information content (AvgIpc) is 2.62. The van der Waals surface area contributed by atoms with Crippen molar-refractivity contribution < 1.29 is 17.9 Å². The molecule has 0 amide bonds. The van der Waals surface area contributed by atoms with Gasteiger partial charge in [-0.2, -0.15) is 0 Å². The molecule has 1 fully saturated rings. The van der Waals surface area contributed by atoms with Gasteiger partial charge in [-0.3, -0.25) is 4.72 Å². The lowest BCUT2D eigenvalue weighted by molar-refractivity contribution is -0.00517. The Morgan fingerprint density at radius 1 is 1.07 bits per heavy atom. The monoisotopic (exact) mass is 404 g/mol. The highest BCUT2D eigenvalue weighted by molar-refractivity contribution is 7.92. The second-order valence-corrected chi connectivity index (χ2v) is 9.02. The van der Waals surface area contributed by atoms with Crippen LogP contribution in [0.15, 0.2) is 41.3 Å². The molecule has 152 valence electrons. The van der Waals surface area contributed by atoms with Crippen LogP contribution in [0.3, 0.4) is 0 Å². The second-order valence-electron chi connectivity index (χ2n) is 7.37. The molecule has 2 aromatic rings. The summed E-state index contributed by atoms with van der Waals surface area (Å²) in [6.07, 6.45) is 0.166. The van der Waals surface area contributed by atoms with E-state index in [9.17, 15) is 8.42 Å². The fourth-order valence-corrected chi connectivity index (χ4v) is 5.07. The molecule has 1 saturated heterocycles. The third-order valence-electron chi connectivity index (χ3n) is 4.89. The lowest BCUT2D eigenvalue weighted by Gasteiger charge is -2.37. The fraction of sp³-hybridized carbons (Fsp3) is 0.429. The van der Waals surface area contributed by atoms with Gasteiger partial charge < -0.3 is 14.4 Å². The number of anilines is 2. The summed E-state index contributed by atoms with van der Waals surface area (Å²) in [4.78, 5) is 2.42. The minimum atomic E-state index is -3.74. The number of morpholine rings is 1. The number of nitrogens with one attached hydrogen (secondary N) is 1. The molecule has 2 aromatic carbocycles. The van der Waals surface area contributed by atoms with Crippen LogP contribution in [0.5, 0.6) is 5.75 Å². The normalized spacial score (nSPS) is 20.1. The first kappa shape index (κ1) is 20.5. The molecule has 1 aliphatic heterocycles. The van der Waals surface area contributed by atoms with Crippen LogP contribution >= 0.6 is 0 Å². The highest BCUT2D eigenvalue weighted by Gasteiger charge is 2.26. The van der Waals surface area contributed by atoms with Crippen molar-refractivity contribution in [3.63, 3.8) is 0 Å². The second kappa shape index (κ2) is 8.01. The maximum absolute atomic E-state index is 13.1. The Labute approximate surface area is 167 Å². The van der Waals surface area contributed by atoms with Gasteiger partial charge in [0.05, 0.1) is 35.6 Å². The fourth-order valence-electron chi connectivity index (χ4n) is 3.68. The van der Waals surface area contributed by atoms with E-state index in [4.69, 9.17) is 9.47 Å². The molecule has 28 heavy (non-hydrogen) atoms. The number of nitrogens with zero attached hydrogens (tertiary/aromatic N) is 1. The Kier molecular flexibility index (Phi) is 5.86. The van der Waals surface area contributed by atoms with Crippen molar-refractivity contribution in [1.82, 2.24) is 0 Å². The van der Waals surface area contributed by atoms with Crippen LogP contribution < -0.4 is 14.4 Å². The summed E-state index contributed by atoms with van der Waals surface area (Å²) in [5.41, 5.74) is 2.84. The molecule has 0 bridgehead atoms. The molecule has 1 aliphatic rings. The maximum Gasteiger partial charge on any atom is 0.262 e. The van der Waals surface area contributed by atoms with Crippen LogP contribution in [-0.4, -0.2) is 40.8 Å². The third-order valence-corrected chi connectivity index (χ3v) is 6.40. The van der Waals surface area contributed by atoms with Gasteiger partial charge in [-0.15, -0.1) is 0 Å². The summed E-state index contributed by atoms with van der Waals surface area (Å²) in [7, 11) is -2.17. The average molecular weight is 405 g/mol. The van der Waals surface area contributed by atoms with E-state index in [-0.39, 0.29) is 17.1 Å². The van der Waals surface area contributed by atoms with Crippen LogP contribution in [0.1, 0.15) is 25.0 Å². The highest BCUT2D eigenvalue weighted by Crippen LogP contribution is 2.32. The van der Waals surface area contributed by atoms with Crippen molar-refractivity contribution in [1.29, 1.82) is 0 Å². The minimum Gasteiger partial charge on any atom is -0.496 e. The highest BCUT2D eigenvalue weighted by atomic mass is 32.2. The number of methoxy groups -OCH3 is 1. The van der Waals surface area contributed by atoms with Crippen molar-refractivity contribution in [3.8, 4) is 5.75 Å². The van der Waals surface area contributed by atoms with Crippen LogP contribution in [0, 0.1) is 13.8 Å². The lowest BCUT2D eigenvalue weighted by atomic mass is 10.1. The standard InChI is InChI=1S/C21H28N2O4S/c1-14-11-21(15(2)10-20(14)26-5)28(24,25)22-18-8-6-7-9-19(18)23-12-16(3)27-17(4)13-23/h6-11,16-17,22H,12-13H2,1-5H3. The van der Waals surface area contributed by atoms with Crippen molar-refractivity contribution in [3.05, 3.63) is 47.5 Å². The zero-order chi connectivity index (χ0) is 20.5. The van der Waals surface area contributed by atoms with Crippen molar-refractivity contribution in [2.45, 2.75) is 44.8 Å². The van der Waals surface area contributed by atoms with Crippen LogP contribution in [0.25, 0.3) is 0 Å². The summed E-state index contributed by atoms with van der Waals surface area (Å²) < 4.78 is 40.2. The Bertz CT molecular complexity index is 949. The Hall–Kier alpha value is -2.25. The van der Waals surface area contributed by atoms with Gasteiger partial charge in [0.1, 0.15) is 5.75 Å². The molecule has 1 heterocycles. The summed E-state index contributed by atoms with van der Waals surface area (Å²) in [6, 6.07) is 10.9.